The highest BCUT2D eigenvalue weighted by atomic mass is 19.4. The maximum absolute atomic E-state index is 12.1. The van der Waals surface area contributed by atoms with Crippen molar-refractivity contribution in [3.05, 3.63) is 0 Å². The second kappa shape index (κ2) is 9.12. The number of rotatable bonds is 9. The third kappa shape index (κ3) is 10.3. The maximum Gasteiger partial charge on any atom is 0.401 e. The lowest BCUT2D eigenvalue weighted by atomic mass is 10.4. The monoisotopic (exact) mass is 273 g/mol. The van der Waals surface area contributed by atoms with Crippen LogP contribution in [-0.4, -0.2) is 68.2 Å². The molecule has 0 rings (SSSR count). The largest absolute Gasteiger partial charge is 0.464 e. The summed E-state index contributed by atoms with van der Waals surface area (Å²) in [6, 6.07) is 0. The molecule has 0 heterocycles. The van der Waals surface area contributed by atoms with E-state index in [0.29, 0.717) is 0 Å². The highest BCUT2D eigenvalue weighted by molar-refractivity contribution is 5.70. The molecule has 0 atom stereocenters. The van der Waals surface area contributed by atoms with Gasteiger partial charge in [0, 0.05) is 13.1 Å². The van der Waals surface area contributed by atoms with Crippen molar-refractivity contribution in [1.82, 2.24) is 4.90 Å². The van der Waals surface area contributed by atoms with Crippen LogP contribution >= 0.6 is 0 Å². The number of hydrogen-bond donors (Lipinski definition) is 1. The van der Waals surface area contributed by atoms with Crippen molar-refractivity contribution in [3.8, 4) is 0 Å². The van der Waals surface area contributed by atoms with Crippen molar-refractivity contribution in [2.45, 2.75) is 13.1 Å². The third-order valence-electron chi connectivity index (χ3n) is 1.90. The Morgan fingerprint density at radius 1 is 1.33 bits per heavy atom. The van der Waals surface area contributed by atoms with E-state index >= 15 is 0 Å². The Balaban J connectivity index is 3.80. The van der Waals surface area contributed by atoms with E-state index < -0.39 is 18.7 Å². The summed E-state index contributed by atoms with van der Waals surface area (Å²) in [5.41, 5.74) is 0. The first-order valence-corrected chi connectivity index (χ1v) is 5.52. The second-order valence-electron chi connectivity index (χ2n) is 3.47. The fourth-order valence-corrected chi connectivity index (χ4v) is 1.22. The lowest BCUT2D eigenvalue weighted by Crippen LogP contribution is -2.38. The minimum absolute atomic E-state index is 0.0144. The van der Waals surface area contributed by atoms with E-state index in [9.17, 15) is 18.0 Å². The van der Waals surface area contributed by atoms with E-state index in [1.807, 2.05) is 0 Å². The number of esters is 1. The molecule has 0 aromatic rings. The molecular formula is C10H18F3NO4. The van der Waals surface area contributed by atoms with E-state index in [-0.39, 0.29) is 39.5 Å². The Morgan fingerprint density at radius 3 is 2.50 bits per heavy atom. The van der Waals surface area contributed by atoms with Gasteiger partial charge in [0.05, 0.1) is 26.4 Å². The normalized spacial score (nSPS) is 11.9. The molecule has 0 bridgehead atoms. The standard InChI is InChI=1S/C10H18F3NO4/c1-2-18-9(16)7-17-6-4-14(3-5-15)8-10(11,12)13/h15H,2-8H2,1H3. The van der Waals surface area contributed by atoms with E-state index in [1.54, 1.807) is 6.92 Å². The molecule has 0 aliphatic heterocycles. The van der Waals surface area contributed by atoms with Crippen LogP contribution in [0, 0.1) is 0 Å². The predicted molar refractivity (Wildman–Crippen MR) is 57.0 cm³/mol. The van der Waals surface area contributed by atoms with Crippen molar-refractivity contribution in [1.29, 1.82) is 0 Å². The van der Waals surface area contributed by atoms with Gasteiger partial charge in [0.15, 0.2) is 0 Å². The summed E-state index contributed by atoms with van der Waals surface area (Å²) in [4.78, 5) is 11.9. The van der Waals surface area contributed by atoms with Gasteiger partial charge in [-0.05, 0) is 6.92 Å². The van der Waals surface area contributed by atoms with Crippen molar-refractivity contribution < 1.29 is 32.5 Å². The first-order chi connectivity index (χ1) is 8.39. The molecule has 1 N–H and O–H groups in total. The van der Waals surface area contributed by atoms with Gasteiger partial charge >= 0.3 is 12.1 Å². The van der Waals surface area contributed by atoms with Crippen LogP contribution in [0.2, 0.25) is 0 Å². The Morgan fingerprint density at radius 2 is 2.00 bits per heavy atom. The predicted octanol–water partition coefficient (Wildman–Crippen LogP) is 0.423. The van der Waals surface area contributed by atoms with E-state index in [4.69, 9.17) is 9.84 Å². The molecule has 0 unspecified atom stereocenters. The summed E-state index contributed by atoms with van der Waals surface area (Å²) in [5, 5.41) is 8.62. The molecule has 8 heteroatoms. The van der Waals surface area contributed by atoms with Crippen molar-refractivity contribution in [3.63, 3.8) is 0 Å². The minimum Gasteiger partial charge on any atom is -0.464 e. The van der Waals surface area contributed by atoms with Crippen LogP contribution in [0.3, 0.4) is 0 Å². The Bertz CT molecular complexity index is 236. The molecule has 0 fully saturated rings. The summed E-state index contributed by atoms with van der Waals surface area (Å²) in [7, 11) is 0. The highest BCUT2D eigenvalue weighted by Crippen LogP contribution is 2.15. The number of ether oxygens (including phenoxy) is 2. The molecule has 5 nitrogen and oxygen atoms in total. The molecule has 0 saturated carbocycles. The zero-order valence-electron chi connectivity index (χ0n) is 10.2. The first-order valence-electron chi connectivity index (χ1n) is 5.52. The number of hydrogen-bond acceptors (Lipinski definition) is 5. The van der Waals surface area contributed by atoms with Gasteiger partial charge in [-0.2, -0.15) is 13.2 Å². The van der Waals surface area contributed by atoms with Gasteiger partial charge in [0.25, 0.3) is 0 Å². The topological polar surface area (TPSA) is 59.0 Å². The average Bonchev–Trinajstić information content (AvgIpc) is 2.23. The summed E-state index contributed by atoms with van der Waals surface area (Å²) in [6.07, 6.45) is -4.32. The zero-order chi connectivity index (χ0) is 14.0. The lowest BCUT2D eigenvalue weighted by molar-refractivity contribution is -0.153. The molecular weight excluding hydrogens is 255 g/mol. The van der Waals surface area contributed by atoms with Crippen LogP contribution in [-0.2, 0) is 14.3 Å². The summed E-state index contributed by atoms with van der Waals surface area (Å²) < 4.78 is 45.8. The summed E-state index contributed by atoms with van der Waals surface area (Å²) >= 11 is 0. The van der Waals surface area contributed by atoms with Crippen LogP contribution in [0.4, 0.5) is 13.2 Å². The molecule has 0 spiro atoms. The number of aliphatic hydroxyl groups is 1. The molecule has 0 amide bonds. The Kier molecular flexibility index (Phi) is 8.69. The van der Waals surface area contributed by atoms with Gasteiger partial charge in [0.2, 0.25) is 0 Å². The molecule has 0 radical (unpaired) electrons. The fraction of sp³-hybridized carbons (Fsp3) is 0.900. The van der Waals surface area contributed by atoms with Gasteiger partial charge in [-0.15, -0.1) is 0 Å². The summed E-state index contributed by atoms with van der Waals surface area (Å²) in [6.45, 7) is -0.0368. The van der Waals surface area contributed by atoms with Gasteiger partial charge < -0.3 is 14.6 Å². The highest BCUT2D eigenvalue weighted by Gasteiger charge is 2.30. The first kappa shape index (κ1) is 17.1. The number of alkyl halides is 3. The minimum atomic E-state index is -4.32. The lowest BCUT2D eigenvalue weighted by Gasteiger charge is -2.22. The second-order valence-corrected chi connectivity index (χ2v) is 3.47. The van der Waals surface area contributed by atoms with Crippen molar-refractivity contribution >= 4 is 5.97 Å². The van der Waals surface area contributed by atoms with Crippen LogP contribution in [0.5, 0.6) is 0 Å². The number of aliphatic hydroxyl groups excluding tert-OH is 1. The van der Waals surface area contributed by atoms with Gasteiger partial charge in [-0.3, -0.25) is 4.90 Å². The number of carbonyl (C=O) groups excluding carboxylic acids is 1. The van der Waals surface area contributed by atoms with Crippen LogP contribution in [0.25, 0.3) is 0 Å². The zero-order valence-corrected chi connectivity index (χ0v) is 10.2. The van der Waals surface area contributed by atoms with E-state index in [2.05, 4.69) is 4.74 Å². The number of halogens is 3. The SMILES string of the molecule is CCOC(=O)COCCN(CCO)CC(F)(F)F. The van der Waals surface area contributed by atoms with E-state index in [0.717, 1.165) is 4.90 Å². The van der Waals surface area contributed by atoms with Crippen LogP contribution in [0.15, 0.2) is 0 Å². The van der Waals surface area contributed by atoms with E-state index in [1.165, 1.54) is 0 Å². The molecule has 0 saturated heterocycles. The molecule has 108 valence electrons. The van der Waals surface area contributed by atoms with Crippen molar-refractivity contribution in [2.24, 2.45) is 0 Å². The van der Waals surface area contributed by atoms with Crippen LogP contribution in [0.1, 0.15) is 6.92 Å². The maximum atomic E-state index is 12.1. The molecule has 0 aromatic heterocycles. The molecule has 18 heavy (non-hydrogen) atoms. The van der Waals surface area contributed by atoms with Gasteiger partial charge in [-0.25, -0.2) is 4.79 Å². The fourth-order valence-electron chi connectivity index (χ4n) is 1.22. The van der Waals surface area contributed by atoms with Gasteiger partial charge in [0.1, 0.15) is 6.61 Å². The van der Waals surface area contributed by atoms with Crippen LogP contribution < -0.4 is 0 Å². The smallest absolute Gasteiger partial charge is 0.401 e. The summed E-state index contributed by atoms with van der Waals surface area (Å²) in [5.74, 6) is -0.554. The average molecular weight is 273 g/mol. The molecule has 0 aliphatic rings. The Labute approximate surface area is 103 Å². The Hall–Kier alpha value is -0.860. The quantitative estimate of drug-likeness (QED) is 0.487. The van der Waals surface area contributed by atoms with Gasteiger partial charge in [-0.1, -0.05) is 0 Å². The number of nitrogens with zero attached hydrogens (tertiary/aromatic N) is 1. The molecule has 0 aromatic carbocycles. The third-order valence-corrected chi connectivity index (χ3v) is 1.90. The van der Waals surface area contributed by atoms with Crippen molar-refractivity contribution in [2.75, 3.05) is 46.1 Å². The molecule has 0 aliphatic carbocycles. The number of carbonyl (C=O) groups is 1.